The van der Waals surface area contributed by atoms with Gasteiger partial charge in [-0.25, -0.2) is 9.97 Å². The predicted octanol–water partition coefficient (Wildman–Crippen LogP) is 2.92. The van der Waals surface area contributed by atoms with E-state index in [0.717, 1.165) is 12.5 Å². The average molecular weight is 689 g/mol. The van der Waals surface area contributed by atoms with Gasteiger partial charge >= 0.3 is 0 Å². The molecule has 15 heteroatoms. The minimum atomic E-state index is -0.947. The summed E-state index contributed by atoms with van der Waals surface area (Å²) in [5.41, 5.74) is 3.25. The molecule has 4 heterocycles. The Kier molecular flexibility index (Phi) is 12.4. The zero-order valence-corrected chi connectivity index (χ0v) is 29.1. The van der Waals surface area contributed by atoms with E-state index < -0.39 is 47.7 Å². The summed E-state index contributed by atoms with van der Waals surface area (Å²) in [7, 11) is 1.76. The van der Waals surface area contributed by atoms with E-state index in [1.54, 1.807) is 31.6 Å². The molecule has 0 spiro atoms. The minimum Gasteiger partial charge on any atom is -0.481 e. The van der Waals surface area contributed by atoms with Crippen molar-refractivity contribution in [2.24, 2.45) is 13.0 Å². The first-order valence-corrected chi connectivity index (χ1v) is 16.4. The van der Waals surface area contributed by atoms with Crippen LogP contribution >= 0.6 is 0 Å². The van der Waals surface area contributed by atoms with Gasteiger partial charge in [-0.1, -0.05) is 44.2 Å². The summed E-state index contributed by atoms with van der Waals surface area (Å²) >= 11 is 0. The zero-order valence-electron chi connectivity index (χ0n) is 29.1. The fourth-order valence-corrected chi connectivity index (χ4v) is 5.67. The van der Waals surface area contributed by atoms with Crippen molar-refractivity contribution in [2.75, 3.05) is 6.54 Å². The fourth-order valence-electron chi connectivity index (χ4n) is 5.67. The first kappa shape index (κ1) is 37.2. The Morgan fingerprint density at radius 1 is 1.06 bits per heavy atom. The number of pyridine rings is 1. The van der Waals surface area contributed by atoms with E-state index in [0.29, 0.717) is 53.8 Å². The summed E-state index contributed by atoms with van der Waals surface area (Å²) in [6, 6.07) is 8.61. The Bertz CT molecular complexity index is 1850. The third-order valence-electron chi connectivity index (χ3n) is 8.07. The van der Waals surface area contributed by atoms with Crippen LogP contribution in [0.25, 0.3) is 11.0 Å². The Hall–Kier alpha value is -5.60. The number of carboxylic acids is 1. The van der Waals surface area contributed by atoms with E-state index in [1.807, 2.05) is 44.2 Å². The number of carboxylic acid groups (broad SMARTS) is 1. The van der Waals surface area contributed by atoms with E-state index in [1.165, 1.54) is 6.26 Å². The molecular formula is C35H44N8O7. The Labute approximate surface area is 289 Å². The molecule has 0 unspecified atom stereocenters. The van der Waals surface area contributed by atoms with E-state index in [4.69, 9.17) is 14.3 Å². The molecule has 5 N–H and O–H groups in total. The number of aromatic nitrogens is 4. The van der Waals surface area contributed by atoms with Gasteiger partial charge in [0.25, 0.3) is 17.8 Å². The maximum Gasteiger partial charge on any atom is 0.300 e. The highest BCUT2D eigenvalue weighted by molar-refractivity contribution is 6.08. The number of hydrogen-bond acceptors (Lipinski definition) is 9. The number of aryl methyl sites for hydroxylation is 3. The normalized spacial score (nSPS) is 18.8. The van der Waals surface area contributed by atoms with Crippen LogP contribution in [0.4, 0.5) is 0 Å². The molecule has 0 fully saturated rings. The monoisotopic (exact) mass is 688 g/mol. The van der Waals surface area contributed by atoms with Crippen molar-refractivity contribution in [3.05, 3.63) is 76.8 Å². The van der Waals surface area contributed by atoms with Gasteiger partial charge in [0.1, 0.15) is 24.4 Å². The van der Waals surface area contributed by atoms with Gasteiger partial charge in [0, 0.05) is 32.6 Å². The number of rotatable bonds is 5. The van der Waals surface area contributed by atoms with Gasteiger partial charge in [0.05, 0.1) is 16.6 Å². The molecule has 0 saturated heterocycles. The van der Waals surface area contributed by atoms with Gasteiger partial charge in [-0.2, -0.15) is 5.10 Å². The smallest absolute Gasteiger partial charge is 0.300 e. The van der Waals surface area contributed by atoms with Crippen molar-refractivity contribution < 1.29 is 33.5 Å². The number of hydrogen-bond donors (Lipinski definition) is 5. The van der Waals surface area contributed by atoms with Gasteiger partial charge in [-0.3, -0.25) is 28.7 Å². The maximum atomic E-state index is 13.8. The van der Waals surface area contributed by atoms with Crippen LogP contribution in [0.5, 0.6) is 0 Å². The predicted molar refractivity (Wildman–Crippen MR) is 183 cm³/mol. The molecule has 1 aliphatic heterocycles. The standard InChI is InChI=1S/C33H40N8O5.C2H4O2/c1-18(2)27-32(45)37-24(16-21-11-7-6-8-12-21)33-38-25(17-46-33)30(43)34-14-10-9-13-23(31(44)39-27)36-29(42)22-15-19(3)35-28-26(22)20(4)40-41(28)5;1-2(3)4/h6-8,11-12,15,17-18,23-24,27H,9-10,13-14,16H2,1-5H3,(H,34,43)(H,36,42)(H,37,45)(H,39,44);1H3,(H,3,4)/t23-,24+,27-;/m0./s1. The second-order valence-corrected chi connectivity index (χ2v) is 12.6. The van der Waals surface area contributed by atoms with E-state index in [2.05, 4.69) is 36.3 Å². The van der Waals surface area contributed by atoms with Crippen LogP contribution < -0.4 is 21.3 Å². The SMILES string of the molecule is CC(=O)O.Cc1cc(C(=O)N[C@H]2CCCCNC(=O)c3coc(n3)[C@@H](Cc3ccccc3)NC(=O)[C@H](C(C)C)NC2=O)c2c(C)nn(C)c2n1. The molecule has 4 amide bonds. The van der Waals surface area contributed by atoms with Gasteiger partial charge in [0.2, 0.25) is 17.7 Å². The number of oxazole rings is 1. The Morgan fingerprint density at radius 3 is 2.44 bits per heavy atom. The first-order valence-electron chi connectivity index (χ1n) is 16.4. The summed E-state index contributed by atoms with van der Waals surface area (Å²) in [4.78, 5) is 72.1. The Morgan fingerprint density at radius 2 is 1.76 bits per heavy atom. The van der Waals surface area contributed by atoms with Crippen molar-refractivity contribution in [1.29, 1.82) is 0 Å². The van der Waals surface area contributed by atoms with E-state index in [-0.39, 0.29) is 23.9 Å². The topological polar surface area (TPSA) is 210 Å². The lowest BCUT2D eigenvalue weighted by atomic mass is 10.00. The summed E-state index contributed by atoms with van der Waals surface area (Å²) < 4.78 is 7.30. The summed E-state index contributed by atoms with van der Waals surface area (Å²) in [5.74, 6) is -2.72. The molecule has 15 nitrogen and oxygen atoms in total. The van der Waals surface area contributed by atoms with Crippen LogP contribution in [0.15, 0.2) is 47.1 Å². The van der Waals surface area contributed by atoms with Crippen LogP contribution in [0, 0.1) is 19.8 Å². The van der Waals surface area contributed by atoms with Crippen molar-refractivity contribution in [3.63, 3.8) is 0 Å². The highest BCUT2D eigenvalue weighted by Crippen LogP contribution is 2.23. The van der Waals surface area contributed by atoms with Gasteiger partial charge in [-0.05, 0) is 50.7 Å². The molecule has 266 valence electrons. The number of aliphatic carboxylic acids is 1. The lowest BCUT2D eigenvalue weighted by Crippen LogP contribution is -2.56. The molecule has 0 saturated carbocycles. The second kappa shape index (κ2) is 16.7. The van der Waals surface area contributed by atoms with Crippen molar-refractivity contribution >= 4 is 40.6 Å². The summed E-state index contributed by atoms with van der Waals surface area (Å²) in [6.45, 7) is 8.68. The van der Waals surface area contributed by atoms with Crippen LogP contribution in [0.2, 0.25) is 0 Å². The average Bonchev–Trinajstić information content (AvgIpc) is 3.66. The molecule has 0 radical (unpaired) electrons. The second-order valence-electron chi connectivity index (χ2n) is 12.6. The largest absolute Gasteiger partial charge is 0.481 e. The molecule has 4 aromatic rings. The molecular weight excluding hydrogens is 644 g/mol. The number of carbonyl (C=O) groups excluding carboxylic acids is 4. The lowest BCUT2D eigenvalue weighted by molar-refractivity contribution is -0.134. The number of nitrogens with one attached hydrogen (secondary N) is 4. The van der Waals surface area contributed by atoms with Gasteiger partial charge < -0.3 is 30.8 Å². The molecule has 2 bridgehead atoms. The fraction of sp³-hybridized carbons (Fsp3) is 0.429. The summed E-state index contributed by atoms with van der Waals surface area (Å²) in [6.07, 6.45) is 2.96. The lowest BCUT2D eigenvalue weighted by Gasteiger charge is -2.27. The molecule has 1 aromatic carbocycles. The molecule has 3 aromatic heterocycles. The molecule has 0 aliphatic carbocycles. The van der Waals surface area contributed by atoms with Gasteiger partial charge in [-0.15, -0.1) is 0 Å². The molecule has 1 aliphatic rings. The molecule has 50 heavy (non-hydrogen) atoms. The number of fused-ring (bicyclic) bond motifs is 3. The molecule has 5 rings (SSSR count). The van der Waals surface area contributed by atoms with Crippen LogP contribution in [-0.2, 0) is 27.9 Å². The van der Waals surface area contributed by atoms with E-state index >= 15 is 0 Å². The number of amides is 4. The Balaban J connectivity index is 0.00000133. The highest BCUT2D eigenvalue weighted by Gasteiger charge is 2.32. The van der Waals surface area contributed by atoms with Crippen LogP contribution in [0.3, 0.4) is 0 Å². The number of nitrogens with zero attached hydrogens (tertiary/aromatic N) is 4. The molecule has 3 atom stereocenters. The van der Waals surface area contributed by atoms with Crippen LogP contribution in [-0.4, -0.2) is 73.1 Å². The number of benzene rings is 1. The van der Waals surface area contributed by atoms with E-state index in [9.17, 15) is 19.2 Å². The number of carbonyl (C=O) groups is 5. The zero-order chi connectivity index (χ0) is 36.5. The van der Waals surface area contributed by atoms with Crippen molar-refractivity contribution in [1.82, 2.24) is 41.0 Å². The van der Waals surface area contributed by atoms with Gasteiger partial charge in [0.15, 0.2) is 11.3 Å². The third-order valence-corrected chi connectivity index (χ3v) is 8.07. The minimum absolute atomic E-state index is 0.109. The van der Waals surface area contributed by atoms with Crippen molar-refractivity contribution in [2.45, 2.75) is 78.4 Å². The first-order chi connectivity index (χ1) is 23.7. The quantitative estimate of drug-likeness (QED) is 0.207. The third kappa shape index (κ3) is 9.51. The summed E-state index contributed by atoms with van der Waals surface area (Å²) in [5, 5.41) is 24.1. The van der Waals surface area contributed by atoms with Crippen LogP contribution in [0.1, 0.15) is 89.8 Å². The maximum absolute atomic E-state index is 13.8. The van der Waals surface area contributed by atoms with Crippen molar-refractivity contribution in [3.8, 4) is 0 Å². The highest BCUT2D eigenvalue weighted by atomic mass is 16.4.